The summed E-state index contributed by atoms with van der Waals surface area (Å²) in [6, 6.07) is 15.0. The number of nitrogens with one attached hydrogen (secondary N) is 1. The SMILES string of the molecule is CCC1(C(=O)O)CCCN1C(=O)[C@@H](NC(=O)OCC1c2ccccc2-c2ccccc21)[C@@H](C)OC. The molecule has 8 heteroatoms. The summed E-state index contributed by atoms with van der Waals surface area (Å²) in [5, 5.41) is 12.5. The first-order chi connectivity index (χ1) is 16.8. The van der Waals surface area contributed by atoms with Crippen LogP contribution in [-0.2, 0) is 19.1 Å². The Morgan fingerprint density at radius 2 is 1.71 bits per heavy atom. The van der Waals surface area contributed by atoms with E-state index in [1.165, 1.54) is 12.0 Å². The first kappa shape index (κ1) is 24.7. The third-order valence-corrected chi connectivity index (χ3v) is 7.46. The molecular weight excluding hydrogens is 448 g/mol. The monoisotopic (exact) mass is 480 g/mol. The van der Waals surface area contributed by atoms with Crippen molar-refractivity contribution in [3.8, 4) is 11.1 Å². The lowest BCUT2D eigenvalue weighted by molar-refractivity contribution is -0.158. The maximum Gasteiger partial charge on any atom is 0.407 e. The molecule has 2 aromatic carbocycles. The van der Waals surface area contributed by atoms with Crippen molar-refractivity contribution in [3.63, 3.8) is 0 Å². The van der Waals surface area contributed by atoms with Crippen molar-refractivity contribution in [2.45, 2.75) is 56.7 Å². The standard InChI is InChI=1S/C27H32N2O6/c1-4-27(25(31)32)14-9-15-29(27)24(30)23(17(2)34-3)28-26(33)35-16-22-20-12-7-5-10-18(20)19-11-6-8-13-21(19)22/h5-8,10-13,17,22-23H,4,9,14-16H2,1-3H3,(H,28,33)(H,31,32)/t17-,23+,27?/m1/s1. The van der Waals surface area contributed by atoms with Crippen molar-refractivity contribution < 1.29 is 29.0 Å². The fourth-order valence-corrected chi connectivity index (χ4v) is 5.39. The number of likely N-dealkylation sites (tertiary alicyclic amines) is 1. The molecule has 2 amide bonds. The lowest BCUT2D eigenvalue weighted by Crippen LogP contribution is -2.60. The molecule has 8 nitrogen and oxygen atoms in total. The van der Waals surface area contributed by atoms with Crippen LogP contribution in [0, 0.1) is 0 Å². The highest BCUT2D eigenvalue weighted by atomic mass is 16.5. The zero-order chi connectivity index (χ0) is 25.2. The number of aliphatic carboxylic acids is 1. The summed E-state index contributed by atoms with van der Waals surface area (Å²) in [5.41, 5.74) is 3.15. The van der Waals surface area contributed by atoms with Crippen LogP contribution in [0.25, 0.3) is 11.1 Å². The molecule has 0 radical (unpaired) electrons. The molecule has 2 aromatic rings. The largest absolute Gasteiger partial charge is 0.479 e. The zero-order valence-electron chi connectivity index (χ0n) is 20.3. The number of amides is 2. The smallest absolute Gasteiger partial charge is 0.407 e. The van der Waals surface area contributed by atoms with Crippen LogP contribution >= 0.6 is 0 Å². The number of benzene rings is 2. The number of nitrogens with zero attached hydrogens (tertiary/aromatic N) is 1. The topological polar surface area (TPSA) is 105 Å². The number of rotatable bonds is 8. The molecule has 35 heavy (non-hydrogen) atoms. The molecule has 186 valence electrons. The van der Waals surface area contributed by atoms with Gasteiger partial charge in [0, 0.05) is 19.6 Å². The molecule has 0 saturated carbocycles. The van der Waals surface area contributed by atoms with Gasteiger partial charge in [-0.25, -0.2) is 9.59 Å². The molecule has 3 atom stereocenters. The van der Waals surface area contributed by atoms with E-state index in [0.717, 1.165) is 22.3 Å². The molecule has 4 rings (SSSR count). The van der Waals surface area contributed by atoms with Gasteiger partial charge in [-0.2, -0.15) is 0 Å². The van der Waals surface area contributed by atoms with Crippen LogP contribution in [-0.4, -0.2) is 65.9 Å². The van der Waals surface area contributed by atoms with Crippen LogP contribution in [0.2, 0.25) is 0 Å². The molecule has 0 bridgehead atoms. The van der Waals surface area contributed by atoms with E-state index in [1.54, 1.807) is 13.8 Å². The van der Waals surface area contributed by atoms with Crippen molar-refractivity contribution in [2.75, 3.05) is 20.3 Å². The molecule has 1 saturated heterocycles. The number of ether oxygens (including phenoxy) is 2. The van der Waals surface area contributed by atoms with Gasteiger partial charge in [0.1, 0.15) is 18.2 Å². The molecule has 2 N–H and O–H groups in total. The van der Waals surface area contributed by atoms with Crippen molar-refractivity contribution >= 4 is 18.0 Å². The maximum absolute atomic E-state index is 13.5. The van der Waals surface area contributed by atoms with E-state index in [-0.39, 0.29) is 18.9 Å². The lowest BCUT2D eigenvalue weighted by Gasteiger charge is -2.37. The number of fused-ring (bicyclic) bond motifs is 3. The molecule has 2 aliphatic rings. The van der Waals surface area contributed by atoms with Gasteiger partial charge >= 0.3 is 12.1 Å². The highest BCUT2D eigenvalue weighted by molar-refractivity contribution is 5.92. The quantitative estimate of drug-likeness (QED) is 0.596. The van der Waals surface area contributed by atoms with E-state index in [9.17, 15) is 19.5 Å². The number of carbonyl (C=O) groups excluding carboxylic acids is 2. The average Bonchev–Trinajstić information content (AvgIpc) is 3.45. The Kier molecular flexibility index (Phi) is 7.12. The van der Waals surface area contributed by atoms with Gasteiger partial charge in [0.2, 0.25) is 5.91 Å². The van der Waals surface area contributed by atoms with Gasteiger partial charge in [0.15, 0.2) is 0 Å². The van der Waals surface area contributed by atoms with Crippen LogP contribution in [0.5, 0.6) is 0 Å². The molecule has 1 unspecified atom stereocenters. The van der Waals surface area contributed by atoms with Gasteiger partial charge < -0.3 is 24.8 Å². The Hall–Kier alpha value is -3.39. The Morgan fingerprint density at radius 3 is 2.26 bits per heavy atom. The summed E-state index contributed by atoms with van der Waals surface area (Å²) < 4.78 is 11.0. The Bertz CT molecular complexity index is 1070. The molecule has 0 spiro atoms. The van der Waals surface area contributed by atoms with E-state index in [1.807, 2.05) is 36.4 Å². The third-order valence-electron chi connectivity index (χ3n) is 7.46. The summed E-state index contributed by atoms with van der Waals surface area (Å²) in [6.45, 7) is 3.85. The fourth-order valence-electron chi connectivity index (χ4n) is 5.39. The van der Waals surface area contributed by atoms with Crippen molar-refractivity contribution in [2.24, 2.45) is 0 Å². The van der Waals surface area contributed by atoms with Crippen molar-refractivity contribution in [1.82, 2.24) is 10.2 Å². The molecular formula is C27H32N2O6. The Balaban J connectivity index is 1.49. The zero-order valence-corrected chi connectivity index (χ0v) is 20.3. The number of carboxylic acids is 1. The average molecular weight is 481 g/mol. The Morgan fingerprint density at radius 1 is 1.11 bits per heavy atom. The van der Waals surface area contributed by atoms with Crippen LogP contribution in [0.1, 0.15) is 50.2 Å². The summed E-state index contributed by atoms with van der Waals surface area (Å²) in [5.74, 6) is -1.62. The van der Waals surface area contributed by atoms with E-state index in [4.69, 9.17) is 9.47 Å². The van der Waals surface area contributed by atoms with Gasteiger partial charge in [0.05, 0.1) is 6.10 Å². The number of methoxy groups -OCH3 is 1. The molecule has 1 heterocycles. The summed E-state index contributed by atoms with van der Waals surface area (Å²) in [7, 11) is 1.44. The number of carbonyl (C=O) groups is 3. The van der Waals surface area contributed by atoms with E-state index >= 15 is 0 Å². The minimum atomic E-state index is -1.27. The van der Waals surface area contributed by atoms with Gasteiger partial charge in [-0.05, 0) is 48.4 Å². The predicted molar refractivity (Wildman–Crippen MR) is 130 cm³/mol. The Labute approximate surface area is 205 Å². The summed E-state index contributed by atoms with van der Waals surface area (Å²) in [6.07, 6.45) is -0.167. The summed E-state index contributed by atoms with van der Waals surface area (Å²) >= 11 is 0. The van der Waals surface area contributed by atoms with Crippen LogP contribution in [0.15, 0.2) is 48.5 Å². The third kappa shape index (κ3) is 4.38. The second-order valence-electron chi connectivity index (χ2n) is 9.17. The van der Waals surface area contributed by atoms with Gasteiger partial charge in [-0.15, -0.1) is 0 Å². The van der Waals surface area contributed by atoms with Crippen molar-refractivity contribution in [3.05, 3.63) is 59.7 Å². The number of carboxylic acid groups (broad SMARTS) is 1. The summed E-state index contributed by atoms with van der Waals surface area (Å²) in [4.78, 5) is 39.8. The second-order valence-corrected chi connectivity index (χ2v) is 9.17. The normalized spacial score (nSPS) is 20.6. The van der Waals surface area contributed by atoms with E-state index < -0.39 is 35.7 Å². The molecule has 1 fully saturated rings. The van der Waals surface area contributed by atoms with Gasteiger partial charge in [-0.3, -0.25) is 4.79 Å². The highest BCUT2D eigenvalue weighted by Gasteiger charge is 2.50. The molecule has 0 aromatic heterocycles. The highest BCUT2D eigenvalue weighted by Crippen LogP contribution is 2.44. The van der Waals surface area contributed by atoms with E-state index in [0.29, 0.717) is 19.4 Å². The fraction of sp³-hybridized carbons (Fsp3) is 0.444. The molecule has 1 aliphatic heterocycles. The number of hydrogen-bond donors (Lipinski definition) is 2. The van der Waals surface area contributed by atoms with Crippen LogP contribution in [0.4, 0.5) is 4.79 Å². The second kappa shape index (κ2) is 10.1. The van der Waals surface area contributed by atoms with Gasteiger partial charge in [0.25, 0.3) is 0 Å². The van der Waals surface area contributed by atoms with Gasteiger partial charge in [-0.1, -0.05) is 55.5 Å². The van der Waals surface area contributed by atoms with Crippen molar-refractivity contribution in [1.29, 1.82) is 0 Å². The minimum Gasteiger partial charge on any atom is -0.479 e. The lowest BCUT2D eigenvalue weighted by atomic mass is 9.92. The first-order valence-corrected chi connectivity index (χ1v) is 12.0. The minimum absolute atomic E-state index is 0.111. The van der Waals surface area contributed by atoms with Crippen LogP contribution < -0.4 is 5.32 Å². The first-order valence-electron chi connectivity index (χ1n) is 12.0. The predicted octanol–water partition coefficient (Wildman–Crippen LogP) is 3.78. The number of alkyl carbamates (subject to hydrolysis) is 1. The molecule has 1 aliphatic carbocycles. The maximum atomic E-state index is 13.5. The van der Waals surface area contributed by atoms with E-state index in [2.05, 4.69) is 17.4 Å². The number of hydrogen-bond acceptors (Lipinski definition) is 5. The van der Waals surface area contributed by atoms with Crippen LogP contribution in [0.3, 0.4) is 0 Å².